The molecule has 0 aromatic carbocycles. The molecular weight excluding hydrogens is 154 g/mol. The predicted molar refractivity (Wildman–Crippen MR) is 45.2 cm³/mol. The van der Waals surface area contributed by atoms with Crippen LogP contribution in [-0.4, -0.2) is 12.2 Å². The molecule has 66 valence electrons. The van der Waals surface area contributed by atoms with Crippen LogP contribution in [0.2, 0.25) is 0 Å². The molecule has 1 rings (SSSR count). The average molecular weight is 167 g/mol. The van der Waals surface area contributed by atoms with Gasteiger partial charge in [0.1, 0.15) is 6.10 Å². The number of primary amides is 1. The van der Waals surface area contributed by atoms with E-state index in [-0.39, 0.29) is 6.10 Å². The Balaban J connectivity index is 2.01. The lowest BCUT2D eigenvalue weighted by atomic mass is 10.2. The van der Waals surface area contributed by atoms with Crippen LogP contribution in [0, 0.1) is 18.3 Å². The Bertz CT molecular complexity index is 207. The Hall–Kier alpha value is -1.17. The van der Waals surface area contributed by atoms with E-state index in [1.807, 2.05) is 0 Å². The molecule has 12 heavy (non-hydrogen) atoms. The molecule has 1 fully saturated rings. The van der Waals surface area contributed by atoms with Gasteiger partial charge in [-0.2, -0.15) is 0 Å². The highest BCUT2D eigenvalue weighted by Crippen LogP contribution is 2.37. The summed E-state index contributed by atoms with van der Waals surface area (Å²) in [5.74, 6) is 3.08. The molecule has 2 atom stereocenters. The minimum atomic E-state index is -0.667. The highest BCUT2D eigenvalue weighted by molar-refractivity contribution is 5.65. The van der Waals surface area contributed by atoms with Crippen molar-refractivity contribution in [1.82, 2.24) is 0 Å². The Morgan fingerprint density at radius 2 is 2.50 bits per heavy atom. The van der Waals surface area contributed by atoms with Gasteiger partial charge in [0.05, 0.1) is 0 Å². The van der Waals surface area contributed by atoms with Crippen LogP contribution in [0.4, 0.5) is 4.79 Å². The number of nitrogens with two attached hydrogens (primary N) is 1. The molecule has 1 unspecified atom stereocenters. The molecule has 1 aliphatic rings. The zero-order valence-electron chi connectivity index (χ0n) is 6.95. The maximum atomic E-state index is 10.3. The van der Waals surface area contributed by atoms with E-state index in [0.29, 0.717) is 5.92 Å². The molecule has 1 amide bonds. The van der Waals surface area contributed by atoms with Gasteiger partial charge in [0.2, 0.25) is 0 Å². The second kappa shape index (κ2) is 4.01. The first-order valence-corrected chi connectivity index (χ1v) is 4.13. The molecular formula is C9H13NO2. The van der Waals surface area contributed by atoms with Gasteiger partial charge in [-0.3, -0.25) is 0 Å². The summed E-state index contributed by atoms with van der Waals surface area (Å²) < 4.78 is 4.79. The van der Waals surface area contributed by atoms with Crippen molar-refractivity contribution < 1.29 is 9.53 Å². The number of amides is 1. The van der Waals surface area contributed by atoms with Gasteiger partial charge in [-0.05, 0) is 25.2 Å². The minimum absolute atomic E-state index is 0.0697. The van der Waals surface area contributed by atoms with Gasteiger partial charge < -0.3 is 10.5 Å². The fraction of sp³-hybridized carbons (Fsp3) is 0.667. The van der Waals surface area contributed by atoms with Gasteiger partial charge in [-0.15, -0.1) is 12.3 Å². The predicted octanol–water partition coefficient (Wildman–Crippen LogP) is 1.27. The van der Waals surface area contributed by atoms with Gasteiger partial charge in [-0.25, -0.2) is 4.79 Å². The summed E-state index contributed by atoms with van der Waals surface area (Å²) in [5, 5.41) is 0. The maximum Gasteiger partial charge on any atom is 0.404 e. The van der Waals surface area contributed by atoms with Gasteiger partial charge in [-0.1, -0.05) is 0 Å². The lowest BCUT2D eigenvalue weighted by Gasteiger charge is -1.98. The Morgan fingerprint density at radius 1 is 1.75 bits per heavy atom. The van der Waals surface area contributed by atoms with Gasteiger partial charge >= 0.3 is 6.09 Å². The molecule has 3 heteroatoms. The monoisotopic (exact) mass is 167 g/mol. The van der Waals surface area contributed by atoms with E-state index >= 15 is 0 Å². The van der Waals surface area contributed by atoms with Crippen LogP contribution in [0.15, 0.2) is 0 Å². The smallest absolute Gasteiger partial charge is 0.404 e. The van der Waals surface area contributed by atoms with Gasteiger partial charge in [0.15, 0.2) is 0 Å². The van der Waals surface area contributed by atoms with E-state index in [2.05, 4.69) is 5.92 Å². The number of terminal acetylenes is 1. The first kappa shape index (κ1) is 8.92. The average Bonchev–Trinajstić information content (AvgIpc) is 2.67. The Labute approximate surface area is 72.3 Å². The number of hydrogen-bond acceptors (Lipinski definition) is 2. The molecule has 0 saturated heterocycles. The summed E-state index contributed by atoms with van der Waals surface area (Å²) in [5.41, 5.74) is 4.86. The number of carbonyl (C=O) groups excluding carboxylic acids is 1. The summed E-state index contributed by atoms with van der Waals surface area (Å²) in [6.45, 7) is 0. The number of rotatable bonds is 4. The standard InChI is InChI=1S/C9H13NO2/c1-2-3-4-5-7-6-8(7)12-9(10)11/h1,7-8H,3-6H2,(H2,10,11)/t7?,8-/m1/s1. The second-order valence-corrected chi connectivity index (χ2v) is 3.07. The molecule has 0 aromatic heterocycles. The fourth-order valence-electron chi connectivity index (χ4n) is 1.28. The highest BCUT2D eigenvalue weighted by atomic mass is 16.6. The Kier molecular flexibility index (Phi) is 2.98. The molecule has 0 heterocycles. The van der Waals surface area contributed by atoms with Crippen LogP contribution in [0.25, 0.3) is 0 Å². The van der Waals surface area contributed by atoms with Crippen molar-refractivity contribution in [2.24, 2.45) is 11.7 Å². The van der Waals surface area contributed by atoms with E-state index in [0.717, 1.165) is 25.7 Å². The summed E-state index contributed by atoms with van der Waals surface area (Å²) >= 11 is 0. The van der Waals surface area contributed by atoms with Crippen molar-refractivity contribution in [3.63, 3.8) is 0 Å². The molecule has 2 N–H and O–H groups in total. The summed E-state index contributed by atoms with van der Waals surface area (Å²) in [7, 11) is 0. The van der Waals surface area contributed by atoms with Crippen molar-refractivity contribution in [3.8, 4) is 12.3 Å². The summed E-state index contributed by atoms with van der Waals surface area (Å²) in [4.78, 5) is 10.3. The van der Waals surface area contributed by atoms with E-state index in [4.69, 9.17) is 16.9 Å². The minimum Gasteiger partial charge on any atom is -0.446 e. The first-order valence-electron chi connectivity index (χ1n) is 4.13. The van der Waals surface area contributed by atoms with E-state index < -0.39 is 6.09 Å². The normalized spacial score (nSPS) is 25.9. The van der Waals surface area contributed by atoms with E-state index in [9.17, 15) is 4.79 Å². The number of hydrogen-bond donors (Lipinski definition) is 1. The number of carbonyl (C=O) groups is 1. The SMILES string of the molecule is C#CCCCC1C[C@H]1OC(N)=O. The van der Waals surface area contributed by atoms with Crippen molar-refractivity contribution in [1.29, 1.82) is 0 Å². The number of unbranched alkanes of at least 4 members (excludes halogenated alkanes) is 1. The summed E-state index contributed by atoms with van der Waals surface area (Å²) in [6.07, 6.45) is 8.31. The second-order valence-electron chi connectivity index (χ2n) is 3.07. The maximum absolute atomic E-state index is 10.3. The number of ether oxygens (including phenoxy) is 1. The lowest BCUT2D eigenvalue weighted by Crippen LogP contribution is -2.15. The molecule has 0 aliphatic heterocycles. The van der Waals surface area contributed by atoms with Gasteiger partial charge in [0, 0.05) is 6.42 Å². The zero-order valence-corrected chi connectivity index (χ0v) is 6.95. The van der Waals surface area contributed by atoms with Crippen LogP contribution < -0.4 is 5.73 Å². The molecule has 0 radical (unpaired) electrons. The van der Waals surface area contributed by atoms with E-state index in [1.54, 1.807) is 0 Å². The summed E-state index contributed by atoms with van der Waals surface area (Å²) in [6, 6.07) is 0. The lowest BCUT2D eigenvalue weighted by molar-refractivity contribution is 0.143. The first-order chi connectivity index (χ1) is 5.74. The fourth-order valence-corrected chi connectivity index (χ4v) is 1.28. The molecule has 0 aromatic rings. The molecule has 0 bridgehead atoms. The topological polar surface area (TPSA) is 52.3 Å². The van der Waals surface area contributed by atoms with Crippen molar-refractivity contribution in [3.05, 3.63) is 0 Å². The third-order valence-corrected chi connectivity index (χ3v) is 2.02. The van der Waals surface area contributed by atoms with Crippen LogP contribution in [0.5, 0.6) is 0 Å². The quantitative estimate of drug-likeness (QED) is 0.506. The van der Waals surface area contributed by atoms with Crippen molar-refractivity contribution >= 4 is 6.09 Å². The third-order valence-electron chi connectivity index (χ3n) is 2.02. The molecule has 0 spiro atoms. The van der Waals surface area contributed by atoms with Gasteiger partial charge in [0.25, 0.3) is 0 Å². The third kappa shape index (κ3) is 2.83. The van der Waals surface area contributed by atoms with Crippen LogP contribution in [0.3, 0.4) is 0 Å². The largest absolute Gasteiger partial charge is 0.446 e. The highest BCUT2D eigenvalue weighted by Gasteiger charge is 2.39. The van der Waals surface area contributed by atoms with E-state index in [1.165, 1.54) is 0 Å². The zero-order chi connectivity index (χ0) is 8.97. The van der Waals surface area contributed by atoms with Crippen LogP contribution in [0.1, 0.15) is 25.7 Å². The molecule has 1 saturated carbocycles. The van der Waals surface area contributed by atoms with Crippen molar-refractivity contribution in [2.75, 3.05) is 0 Å². The van der Waals surface area contributed by atoms with Crippen LogP contribution >= 0.6 is 0 Å². The molecule has 1 aliphatic carbocycles. The van der Waals surface area contributed by atoms with Crippen LogP contribution in [-0.2, 0) is 4.74 Å². The Morgan fingerprint density at radius 3 is 3.08 bits per heavy atom. The molecule has 3 nitrogen and oxygen atoms in total. The van der Waals surface area contributed by atoms with Crippen molar-refractivity contribution in [2.45, 2.75) is 31.8 Å².